The maximum absolute atomic E-state index is 13.0. The highest BCUT2D eigenvalue weighted by Crippen LogP contribution is 2.24. The predicted octanol–water partition coefficient (Wildman–Crippen LogP) is 4.60. The quantitative estimate of drug-likeness (QED) is 0.289. The topological polar surface area (TPSA) is 105 Å². The third-order valence-corrected chi connectivity index (χ3v) is 5.12. The Morgan fingerprint density at radius 1 is 1.17 bits per heavy atom. The van der Waals surface area contributed by atoms with Crippen molar-refractivity contribution in [3.63, 3.8) is 0 Å². The van der Waals surface area contributed by atoms with Crippen molar-refractivity contribution in [2.45, 2.75) is 51.1 Å². The highest BCUT2D eigenvalue weighted by molar-refractivity contribution is 5.77. The largest absolute Gasteiger partial charge is 0.460 e. The Morgan fingerprint density at radius 3 is 2.40 bits per heavy atom. The van der Waals surface area contributed by atoms with Gasteiger partial charge >= 0.3 is 12.1 Å². The monoisotopic (exact) mass is 408 g/mol. The van der Waals surface area contributed by atoms with Crippen LogP contribution in [-0.2, 0) is 27.4 Å². The minimum absolute atomic E-state index is 0.154. The molecule has 0 N–H and O–H groups in total. The number of hydrogen-bond donors (Lipinski definition) is 0. The summed E-state index contributed by atoms with van der Waals surface area (Å²) in [6.45, 7) is 2.31. The molecule has 0 bridgehead atoms. The normalized spacial score (nSPS) is 19.2. The standard InChI is InChI=1S/C22H24N4O4/c1-16(20-13-12-19(24-25-23)21(27)30-20)26(14-17-8-4-2-5-9-17)22(28)29-15-18-10-6-3-7-11-18/h2-11,16,19-20H,12-15H2,1H3/t16-,19?,20-/m0/s1. The molecule has 3 rings (SSSR count). The third-order valence-electron chi connectivity index (χ3n) is 5.12. The van der Waals surface area contributed by atoms with Gasteiger partial charge in [0.1, 0.15) is 18.8 Å². The summed E-state index contributed by atoms with van der Waals surface area (Å²) in [5.41, 5.74) is 10.4. The predicted molar refractivity (Wildman–Crippen MR) is 110 cm³/mol. The number of benzene rings is 2. The first-order valence-electron chi connectivity index (χ1n) is 9.84. The number of ether oxygens (including phenoxy) is 2. The second kappa shape index (κ2) is 10.3. The smallest absolute Gasteiger partial charge is 0.410 e. The second-order valence-corrected chi connectivity index (χ2v) is 7.17. The number of nitrogens with zero attached hydrogens (tertiary/aromatic N) is 4. The van der Waals surface area contributed by atoms with Gasteiger partial charge < -0.3 is 9.47 Å². The van der Waals surface area contributed by atoms with Crippen molar-refractivity contribution < 1.29 is 19.1 Å². The number of carbonyl (C=O) groups is 2. The molecule has 1 aliphatic heterocycles. The minimum Gasteiger partial charge on any atom is -0.460 e. The van der Waals surface area contributed by atoms with Gasteiger partial charge in [-0.15, -0.1) is 0 Å². The number of esters is 1. The van der Waals surface area contributed by atoms with E-state index in [1.165, 1.54) is 0 Å². The summed E-state index contributed by atoms with van der Waals surface area (Å²) in [4.78, 5) is 29.4. The number of azide groups is 1. The second-order valence-electron chi connectivity index (χ2n) is 7.17. The van der Waals surface area contributed by atoms with Gasteiger partial charge in [-0.05, 0) is 36.4 Å². The first kappa shape index (κ1) is 21.2. The molecule has 0 saturated carbocycles. The fraction of sp³-hybridized carbons (Fsp3) is 0.364. The Morgan fingerprint density at radius 2 is 1.80 bits per heavy atom. The van der Waals surface area contributed by atoms with Crippen LogP contribution in [0.5, 0.6) is 0 Å². The fourth-order valence-corrected chi connectivity index (χ4v) is 3.39. The Labute approximate surface area is 175 Å². The van der Waals surface area contributed by atoms with Gasteiger partial charge in [-0.3, -0.25) is 9.69 Å². The van der Waals surface area contributed by atoms with Crippen LogP contribution in [0.15, 0.2) is 65.8 Å². The summed E-state index contributed by atoms with van der Waals surface area (Å²) in [5, 5.41) is 3.47. The van der Waals surface area contributed by atoms with Crippen LogP contribution in [0.4, 0.5) is 4.79 Å². The lowest BCUT2D eigenvalue weighted by molar-refractivity contribution is -0.159. The molecule has 30 heavy (non-hydrogen) atoms. The Kier molecular flexibility index (Phi) is 7.29. The first-order chi connectivity index (χ1) is 14.6. The van der Waals surface area contributed by atoms with Crippen LogP contribution in [0, 0.1) is 0 Å². The molecule has 1 amide bonds. The van der Waals surface area contributed by atoms with Crippen LogP contribution in [-0.4, -0.2) is 35.2 Å². The van der Waals surface area contributed by atoms with Crippen LogP contribution in [0.1, 0.15) is 30.9 Å². The zero-order valence-electron chi connectivity index (χ0n) is 16.8. The molecule has 3 atom stereocenters. The van der Waals surface area contributed by atoms with Crippen LogP contribution in [0.25, 0.3) is 10.4 Å². The SMILES string of the molecule is C[C@@H]([C@@H]1CCC(N=[N+]=[N-])C(=O)O1)N(Cc1ccccc1)C(=O)OCc1ccccc1. The maximum Gasteiger partial charge on any atom is 0.410 e. The van der Waals surface area contributed by atoms with E-state index in [9.17, 15) is 9.59 Å². The molecule has 0 radical (unpaired) electrons. The molecule has 8 nitrogen and oxygen atoms in total. The minimum atomic E-state index is -0.814. The number of carbonyl (C=O) groups excluding carboxylic acids is 2. The molecule has 0 spiro atoms. The summed E-state index contributed by atoms with van der Waals surface area (Å²) in [7, 11) is 0. The summed E-state index contributed by atoms with van der Waals surface area (Å²) in [6.07, 6.45) is -0.108. The summed E-state index contributed by atoms with van der Waals surface area (Å²) in [5.74, 6) is -0.562. The molecule has 156 valence electrons. The van der Waals surface area contributed by atoms with E-state index in [-0.39, 0.29) is 6.61 Å². The molecule has 2 aromatic carbocycles. The Hall–Kier alpha value is -3.51. The van der Waals surface area contributed by atoms with E-state index in [1.807, 2.05) is 67.6 Å². The lowest BCUT2D eigenvalue weighted by Crippen LogP contribution is -2.49. The zero-order valence-corrected chi connectivity index (χ0v) is 16.8. The van der Waals surface area contributed by atoms with Crippen molar-refractivity contribution in [3.05, 3.63) is 82.2 Å². The lowest BCUT2D eigenvalue weighted by atomic mass is 9.99. The Bertz CT molecular complexity index is 900. The molecule has 1 saturated heterocycles. The van der Waals surface area contributed by atoms with Crippen molar-refractivity contribution in [2.75, 3.05) is 0 Å². The van der Waals surface area contributed by atoms with E-state index in [0.717, 1.165) is 11.1 Å². The van der Waals surface area contributed by atoms with Crippen molar-refractivity contribution >= 4 is 12.1 Å². The van der Waals surface area contributed by atoms with Gasteiger partial charge in [0.2, 0.25) is 0 Å². The molecule has 0 aromatic heterocycles. The van der Waals surface area contributed by atoms with Gasteiger partial charge in [0.25, 0.3) is 0 Å². The Balaban J connectivity index is 1.72. The zero-order chi connectivity index (χ0) is 21.3. The molecule has 8 heteroatoms. The van der Waals surface area contributed by atoms with Crippen LogP contribution < -0.4 is 0 Å². The average Bonchev–Trinajstić information content (AvgIpc) is 2.78. The molecular formula is C22H24N4O4. The van der Waals surface area contributed by atoms with E-state index < -0.39 is 30.3 Å². The van der Waals surface area contributed by atoms with E-state index >= 15 is 0 Å². The molecule has 1 aliphatic rings. The van der Waals surface area contributed by atoms with E-state index in [4.69, 9.17) is 15.0 Å². The van der Waals surface area contributed by atoms with Crippen molar-refractivity contribution in [2.24, 2.45) is 5.11 Å². The van der Waals surface area contributed by atoms with Crippen LogP contribution in [0.2, 0.25) is 0 Å². The fourth-order valence-electron chi connectivity index (χ4n) is 3.39. The van der Waals surface area contributed by atoms with Gasteiger partial charge in [-0.2, -0.15) is 0 Å². The molecular weight excluding hydrogens is 384 g/mol. The first-order valence-corrected chi connectivity index (χ1v) is 9.84. The summed E-state index contributed by atoms with van der Waals surface area (Å²) < 4.78 is 11.0. The third kappa shape index (κ3) is 5.52. The molecule has 2 aromatic rings. The summed E-state index contributed by atoms with van der Waals surface area (Å²) in [6, 6.07) is 17.8. The molecule has 0 aliphatic carbocycles. The van der Waals surface area contributed by atoms with E-state index in [0.29, 0.717) is 19.4 Å². The van der Waals surface area contributed by atoms with Crippen LogP contribution >= 0.6 is 0 Å². The highest BCUT2D eigenvalue weighted by atomic mass is 16.6. The van der Waals surface area contributed by atoms with E-state index in [2.05, 4.69) is 10.0 Å². The molecule has 1 heterocycles. The lowest BCUT2D eigenvalue weighted by Gasteiger charge is -2.36. The van der Waals surface area contributed by atoms with Crippen LogP contribution in [0.3, 0.4) is 0 Å². The van der Waals surface area contributed by atoms with E-state index in [1.54, 1.807) is 4.90 Å². The molecule has 1 fully saturated rings. The van der Waals surface area contributed by atoms with Gasteiger partial charge in [-0.1, -0.05) is 65.8 Å². The van der Waals surface area contributed by atoms with Gasteiger partial charge in [0, 0.05) is 11.5 Å². The maximum atomic E-state index is 13.0. The highest BCUT2D eigenvalue weighted by Gasteiger charge is 2.36. The van der Waals surface area contributed by atoms with Gasteiger partial charge in [0.05, 0.1) is 6.04 Å². The van der Waals surface area contributed by atoms with Crippen molar-refractivity contribution in [1.29, 1.82) is 0 Å². The van der Waals surface area contributed by atoms with Gasteiger partial charge in [-0.25, -0.2) is 4.79 Å². The average molecular weight is 408 g/mol. The van der Waals surface area contributed by atoms with Crippen molar-refractivity contribution in [3.8, 4) is 0 Å². The van der Waals surface area contributed by atoms with Crippen molar-refractivity contribution in [1.82, 2.24) is 4.90 Å². The number of hydrogen-bond acceptors (Lipinski definition) is 5. The number of rotatable bonds is 7. The van der Waals surface area contributed by atoms with Gasteiger partial charge in [0.15, 0.2) is 0 Å². The summed E-state index contributed by atoms with van der Waals surface area (Å²) >= 11 is 0. The molecule has 1 unspecified atom stereocenters. The number of cyclic esters (lactones) is 1. The number of amides is 1.